The van der Waals surface area contributed by atoms with Gasteiger partial charge in [0.2, 0.25) is 0 Å². The summed E-state index contributed by atoms with van der Waals surface area (Å²) in [6.45, 7) is 0.630. The molecule has 1 aromatic carbocycles. The Morgan fingerprint density at radius 2 is 2.24 bits per heavy atom. The zero-order valence-electron chi connectivity index (χ0n) is 11.3. The first-order chi connectivity index (χ1) is 10.2. The zero-order valence-corrected chi connectivity index (χ0v) is 12.0. The van der Waals surface area contributed by atoms with E-state index in [1.54, 1.807) is 42.7 Å². The summed E-state index contributed by atoms with van der Waals surface area (Å²) in [5.41, 5.74) is 0.605. The van der Waals surface area contributed by atoms with Crippen LogP contribution in [0.2, 0.25) is 5.02 Å². The summed E-state index contributed by atoms with van der Waals surface area (Å²) >= 11 is 5.88. The van der Waals surface area contributed by atoms with Gasteiger partial charge >= 0.3 is 6.03 Å². The number of hydrogen-bond donors (Lipinski definition) is 1. The van der Waals surface area contributed by atoms with Crippen molar-refractivity contribution in [1.82, 2.24) is 4.90 Å². The van der Waals surface area contributed by atoms with Gasteiger partial charge in [-0.15, -0.1) is 0 Å². The van der Waals surface area contributed by atoms with Crippen molar-refractivity contribution in [2.75, 3.05) is 11.9 Å². The lowest BCUT2D eigenvalue weighted by Gasteiger charge is -2.21. The van der Waals surface area contributed by atoms with Crippen molar-refractivity contribution in [2.45, 2.75) is 13.0 Å². The van der Waals surface area contributed by atoms with Crippen molar-refractivity contribution < 1.29 is 9.21 Å². The molecule has 2 amide bonds. The fourth-order valence-corrected chi connectivity index (χ4v) is 1.99. The molecule has 0 aliphatic heterocycles. The summed E-state index contributed by atoms with van der Waals surface area (Å²) in [6, 6.07) is 12.2. The first-order valence-electron chi connectivity index (χ1n) is 6.40. The Labute approximate surface area is 127 Å². The number of benzene rings is 1. The third-order valence-corrected chi connectivity index (χ3v) is 3.02. The van der Waals surface area contributed by atoms with Gasteiger partial charge < -0.3 is 14.6 Å². The maximum atomic E-state index is 12.3. The van der Waals surface area contributed by atoms with Gasteiger partial charge in [0.1, 0.15) is 5.76 Å². The summed E-state index contributed by atoms with van der Waals surface area (Å²) in [6.07, 6.45) is 1.80. The second-order valence-electron chi connectivity index (χ2n) is 4.35. The molecule has 0 saturated carbocycles. The largest absolute Gasteiger partial charge is 0.467 e. The number of urea groups is 1. The van der Waals surface area contributed by atoms with Crippen LogP contribution in [0.1, 0.15) is 12.2 Å². The molecule has 1 N–H and O–H groups in total. The van der Waals surface area contributed by atoms with E-state index < -0.39 is 0 Å². The topological polar surface area (TPSA) is 69.3 Å². The van der Waals surface area contributed by atoms with E-state index in [0.29, 0.717) is 29.6 Å². The van der Waals surface area contributed by atoms with E-state index in [1.807, 2.05) is 6.07 Å². The predicted octanol–water partition coefficient (Wildman–Crippen LogP) is 3.88. The van der Waals surface area contributed by atoms with Crippen LogP contribution in [-0.4, -0.2) is 17.5 Å². The number of carbonyl (C=O) groups excluding carboxylic acids is 1. The van der Waals surface area contributed by atoms with Crippen LogP contribution in [0, 0.1) is 11.3 Å². The third kappa shape index (κ3) is 4.55. The van der Waals surface area contributed by atoms with Crippen molar-refractivity contribution in [2.24, 2.45) is 0 Å². The second-order valence-corrected chi connectivity index (χ2v) is 4.79. The number of carbonyl (C=O) groups is 1. The molecule has 0 spiro atoms. The van der Waals surface area contributed by atoms with Gasteiger partial charge in [0, 0.05) is 17.3 Å². The van der Waals surface area contributed by atoms with E-state index in [-0.39, 0.29) is 12.5 Å². The molecule has 0 radical (unpaired) electrons. The van der Waals surface area contributed by atoms with Gasteiger partial charge in [-0.05, 0) is 30.3 Å². The Morgan fingerprint density at radius 1 is 1.38 bits per heavy atom. The quantitative estimate of drug-likeness (QED) is 0.911. The first kappa shape index (κ1) is 14.9. The van der Waals surface area contributed by atoms with E-state index in [4.69, 9.17) is 21.3 Å². The monoisotopic (exact) mass is 303 g/mol. The van der Waals surface area contributed by atoms with Crippen LogP contribution in [0.15, 0.2) is 47.1 Å². The molecule has 1 aromatic heterocycles. The standard InChI is InChI=1S/C15H14ClN3O2/c16-12-4-1-5-13(10-12)18-15(20)19(8-3-7-17)11-14-6-2-9-21-14/h1-2,4-6,9-10H,3,8,11H2,(H,18,20). The lowest BCUT2D eigenvalue weighted by molar-refractivity contribution is 0.205. The van der Waals surface area contributed by atoms with E-state index >= 15 is 0 Å². The minimum atomic E-state index is -0.302. The molecule has 0 aliphatic carbocycles. The van der Waals surface area contributed by atoms with Crippen LogP contribution in [0.3, 0.4) is 0 Å². The number of nitrogens with zero attached hydrogens (tertiary/aromatic N) is 2. The van der Waals surface area contributed by atoms with Gasteiger partial charge in [0.25, 0.3) is 0 Å². The normalized spacial score (nSPS) is 9.90. The number of amides is 2. The lowest BCUT2D eigenvalue weighted by Crippen LogP contribution is -2.35. The van der Waals surface area contributed by atoms with Crippen LogP contribution in [0.25, 0.3) is 0 Å². The van der Waals surface area contributed by atoms with Gasteiger partial charge in [-0.1, -0.05) is 17.7 Å². The summed E-state index contributed by atoms with van der Waals surface area (Å²) in [5, 5.41) is 12.0. The Bertz CT molecular complexity index is 635. The number of nitriles is 1. The molecule has 21 heavy (non-hydrogen) atoms. The van der Waals surface area contributed by atoms with Crippen LogP contribution in [0.4, 0.5) is 10.5 Å². The highest BCUT2D eigenvalue weighted by molar-refractivity contribution is 6.30. The van der Waals surface area contributed by atoms with Crippen molar-refractivity contribution in [3.05, 3.63) is 53.4 Å². The summed E-state index contributed by atoms with van der Waals surface area (Å²) in [5.74, 6) is 0.661. The molecule has 0 saturated heterocycles. The smallest absolute Gasteiger partial charge is 0.322 e. The average Bonchev–Trinajstić information content (AvgIpc) is 2.96. The van der Waals surface area contributed by atoms with E-state index in [2.05, 4.69) is 5.32 Å². The lowest BCUT2D eigenvalue weighted by atomic mass is 10.3. The highest BCUT2D eigenvalue weighted by Crippen LogP contribution is 2.16. The number of furan rings is 1. The minimum Gasteiger partial charge on any atom is -0.467 e. The fourth-order valence-electron chi connectivity index (χ4n) is 1.80. The molecule has 0 atom stereocenters. The van der Waals surface area contributed by atoms with Gasteiger partial charge in [0.15, 0.2) is 0 Å². The van der Waals surface area contributed by atoms with Crippen molar-refractivity contribution >= 4 is 23.3 Å². The molecular weight excluding hydrogens is 290 g/mol. The molecular formula is C15H14ClN3O2. The van der Waals surface area contributed by atoms with Crippen molar-refractivity contribution in [3.8, 4) is 6.07 Å². The van der Waals surface area contributed by atoms with E-state index in [0.717, 1.165) is 0 Å². The zero-order chi connectivity index (χ0) is 15.1. The van der Waals surface area contributed by atoms with Gasteiger partial charge in [-0.2, -0.15) is 5.26 Å². The Hall–Kier alpha value is -2.45. The van der Waals surface area contributed by atoms with Gasteiger partial charge in [-0.3, -0.25) is 0 Å². The molecule has 0 bridgehead atoms. The molecule has 1 heterocycles. The molecule has 0 fully saturated rings. The third-order valence-electron chi connectivity index (χ3n) is 2.78. The van der Waals surface area contributed by atoms with Crippen LogP contribution >= 0.6 is 11.6 Å². The van der Waals surface area contributed by atoms with Crippen molar-refractivity contribution in [3.63, 3.8) is 0 Å². The summed E-state index contributed by atoms with van der Waals surface area (Å²) < 4.78 is 5.24. The molecule has 2 rings (SSSR count). The average molecular weight is 304 g/mol. The number of hydrogen-bond acceptors (Lipinski definition) is 3. The van der Waals surface area contributed by atoms with Gasteiger partial charge in [-0.25, -0.2) is 4.79 Å². The highest BCUT2D eigenvalue weighted by atomic mass is 35.5. The number of rotatable bonds is 5. The Balaban J connectivity index is 2.04. The van der Waals surface area contributed by atoms with Crippen LogP contribution in [-0.2, 0) is 6.54 Å². The minimum absolute atomic E-state index is 0.254. The van der Waals surface area contributed by atoms with Crippen LogP contribution in [0.5, 0.6) is 0 Å². The Morgan fingerprint density at radius 3 is 2.90 bits per heavy atom. The predicted molar refractivity (Wildman–Crippen MR) is 79.8 cm³/mol. The highest BCUT2D eigenvalue weighted by Gasteiger charge is 2.15. The molecule has 0 aliphatic rings. The molecule has 6 heteroatoms. The maximum absolute atomic E-state index is 12.3. The van der Waals surface area contributed by atoms with Gasteiger partial charge in [0.05, 0.1) is 25.3 Å². The summed E-state index contributed by atoms with van der Waals surface area (Å²) in [4.78, 5) is 13.8. The maximum Gasteiger partial charge on any atom is 0.322 e. The van der Waals surface area contributed by atoms with E-state index in [1.165, 1.54) is 4.90 Å². The molecule has 2 aromatic rings. The first-order valence-corrected chi connectivity index (χ1v) is 6.77. The number of halogens is 1. The molecule has 0 unspecified atom stereocenters. The Kier molecular flexibility index (Phi) is 5.24. The summed E-state index contributed by atoms with van der Waals surface area (Å²) in [7, 11) is 0. The number of nitrogens with one attached hydrogen (secondary N) is 1. The van der Waals surface area contributed by atoms with Crippen molar-refractivity contribution in [1.29, 1.82) is 5.26 Å². The second kappa shape index (κ2) is 7.36. The number of anilines is 1. The van der Waals surface area contributed by atoms with Crippen LogP contribution < -0.4 is 5.32 Å². The fraction of sp³-hybridized carbons (Fsp3) is 0.200. The molecule has 108 valence electrons. The van der Waals surface area contributed by atoms with E-state index in [9.17, 15) is 4.79 Å². The molecule has 5 nitrogen and oxygen atoms in total. The SMILES string of the molecule is N#CCCN(Cc1ccco1)C(=O)Nc1cccc(Cl)c1.